The lowest BCUT2D eigenvalue weighted by atomic mass is 10.1. The zero-order valence-corrected chi connectivity index (χ0v) is 17.4. The van der Waals surface area contributed by atoms with Crippen molar-refractivity contribution in [1.29, 1.82) is 0 Å². The van der Waals surface area contributed by atoms with E-state index in [9.17, 15) is 15.3 Å². The van der Waals surface area contributed by atoms with Gasteiger partial charge in [0.2, 0.25) is 0 Å². The number of benzene rings is 2. The molecule has 30 heavy (non-hydrogen) atoms. The van der Waals surface area contributed by atoms with Crippen LogP contribution in [0.15, 0.2) is 54.6 Å². The molecule has 4 rings (SSSR count). The molecule has 1 aliphatic rings. The van der Waals surface area contributed by atoms with Crippen molar-refractivity contribution in [2.24, 2.45) is 0 Å². The Morgan fingerprint density at radius 3 is 2.37 bits per heavy atom. The van der Waals surface area contributed by atoms with Gasteiger partial charge in [0.05, 0.1) is 12.3 Å². The first kappa shape index (κ1) is 21.0. The molecular formula is C21H20ClN3O4S. The highest BCUT2D eigenvalue weighted by Gasteiger charge is 2.44. The van der Waals surface area contributed by atoms with E-state index in [2.05, 4.69) is 10.1 Å². The summed E-state index contributed by atoms with van der Waals surface area (Å²) in [5, 5.41) is 35.2. The van der Waals surface area contributed by atoms with Crippen LogP contribution in [-0.4, -0.2) is 55.0 Å². The van der Waals surface area contributed by atoms with Gasteiger partial charge in [-0.3, -0.25) is 0 Å². The van der Waals surface area contributed by atoms with Crippen molar-refractivity contribution in [3.8, 4) is 11.4 Å². The van der Waals surface area contributed by atoms with E-state index in [4.69, 9.17) is 28.6 Å². The van der Waals surface area contributed by atoms with Crippen LogP contribution in [-0.2, 0) is 11.2 Å². The van der Waals surface area contributed by atoms with E-state index in [1.807, 2.05) is 42.5 Å². The van der Waals surface area contributed by atoms with E-state index >= 15 is 0 Å². The molecule has 0 unspecified atom stereocenters. The highest BCUT2D eigenvalue weighted by atomic mass is 35.5. The van der Waals surface area contributed by atoms with Crippen LogP contribution in [0.2, 0.25) is 5.02 Å². The number of halogens is 1. The minimum Gasteiger partial charge on any atom is -0.394 e. The van der Waals surface area contributed by atoms with Crippen molar-refractivity contribution in [3.05, 3.63) is 75.5 Å². The first-order valence-electron chi connectivity index (χ1n) is 9.40. The number of aromatic nitrogens is 3. The second-order valence-electron chi connectivity index (χ2n) is 7.03. The van der Waals surface area contributed by atoms with Crippen molar-refractivity contribution < 1.29 is 20.1 Å². The van der Waals surface area contributed by atoms with Crippen LogP contribution in [0, 0.1) is 4.64 Å². The molecule has 1 saturated heterocycles. The van der Waals surface area contributed by atoms with Crippen molar-refractivity contribution in [2.75, 3.05) is 6.61 Å². The lowest BCUT2D eigenvalue weighted by molar-refractivity contribution is -0.0602. The van der Waals surface area contributed by atoms with Crippen molar-refractivity contribution in [2.45, 2.75) is 31.0 Å². The van der Waals surface area contributed by atoms with Gasteiger partial charge < -0.3 is 20.1 Å². The SMILES string of the molecule is OC[C@H]1O[C@@H](n2nc(-c3ccccc3)nc(Cc3ccc(Cl)cc3)c2=S)[C@H](O)[C@@H]1O. The molecule has 2 heterocycles. The second-order valence-corrected chi connectivity index (χ2v) is 7.85. The quantitative estimate of drug-likeness (QED) is 0.519. The topological polar surface area (TPSA) is 101 Å². The van der Waals surface area contributed by atoms with Gasteiger partial charge in [-0.25, -0.2) is 9.67 Å². The van der Waals surface area contributed by atoms with Crippen LogP contribution in [0.25, 0.3) is 11.4 Å². The predicted octanol–water partition coefficient (Wildman–Crippen LogP) is 2.53. The summed E-state index contributed by atoms with van der Waals surface area (Å²) in [6.07, 6.45) is -4.10. The van der Waals surface area contributed by atoms with Gasteiger partial charge in [0.15, 0.2) is 12.1 Å². The van der Waals surface area contributed by atoms with E-state index in [-0.39, 0.29) is 4.64 Å². The molecule has 0 spiro atoms. The van der Waals surface area contributed by atoms with Crippen LogP contribution in [0.1, 0.15) is 17.5 Å². The monoisotopic (exact) mass is 445 g/mol. The highest BCUT2D eigenvalue weighted by Crippen LogP contribution is 2.30. The maximum absolute atomic E-state index is 10.5. The lowest BCUT2D eigenvalue weighted by Crippen LogP contribution is -2.33. The van der Waals surface area contributed by atoms with E-state index in [0.717, 1.165) is 11.1 Å². The molecule has 3 N–H and O–H groups in total. The largest absolute Gasteiger partial charge is 0.394 e. The second kappa shape index (κ2) is 8.89. The third-order valence-electron chi connectivity index (χ3n) is 4.97. The molecule has 1 aromatic heterocycles. The number of aliphatic hydroxyl groups excluding tert-OH is 3. The Bertz CT molecular complexity index is 1080. The standard InChI is InChI=1S/C21H20ClN3O4S/c22-14-8-6-12(7-9-14)10-15-21(30)25(20-18(28)17(27)16(11-26)29-20)24-19(23-15)13-4-2-1-3-5-13/h1-9,16-18,20,26-28H,10-11H2/t16-,17-,18-,20-/m1/s1. The number of aliphatic hydroxyl groups is 3. The fourth-order valence-electron chi connectivity index (χ4n) is 3.35. The summed E-state index contributed by atoms with van der Waals surface area (Å²) in [4.78, 5) is 4.66. The molecule has 0 saturated carbocycles. The predicted molar refractivity (Wildman–Crippen MR) is 114 cm³/mol. The lowest BCUT2D eigenvalue weighted by Gasteiger charge is -2.19. The molecule has 156 valence electrons. The van der Waals surface area contributed by atoms with Crippen LogP contribution >= 0.6 is 23.8 Å². The van der Waals surface area contributed by atoms with E-state index < -0.39 is 31.1 Å². The molecule has 1 aliphatic heterocycles. The average molecular weight is 446 g/mol. The van der Waals surface area contributed by atoms with Crippen LogP contribution < -0.4 is 0 Å². The summed E-state index contributed by atoms with van der Waals surface area (Å²) in [6, 6.07) is 16.7. The van der Waals surface area contributed by atoms with Gasteiger partial charge in [0.25, 0.3) is 0 Å². The zero-order chi connectivity index (χ0) is 21.3. The number of ether oxygens (including phenoxy) is 1. The summed E-state index contributed by atoms with van der Waals surface area (Å²) in [5.41, 5.74) is 2.29. The first-order valence-corrected chi connectivity index (χ1v) is 10.2. The highest BCUT2D eigenvalue weighted by molar-refractivity contribution is 7.71. The molecule has 3 aromatic rings. The molecule has 7 nitrogen and oxygen atoms in total. The Hall–Kier alpha value is -2.20. The summed E-state index contributed by atoms with van der Waals surface area (Å²) >= 11 is 11.6. The van der Waals surface area contributed by atoms with Gasteiger partial charge in [-0.05, 0) is 17.7 Å². The Kier molecular flexibility index (Phi) is 6.24. The number of hydrogen-bond donors (Lipinski definition) is 3. The smallest absolute Gasteiger partial charge is 0.180 e. The Morgan fingerprint density at radius 2 is 1.73 bits per heavy atom. The molecule has 0 amide bonds. The van der Waals surface area contributed by atoms with E-state index in [0.29, 0.717) is 23.0 Å². The molecular weight excluding hydrogens is 426 g/mol. The summed E-state index contributed by atoms with van der Waals surface area (Å²) in [7, 11) is 0. The fraction of sp³-hybridized carbons (Fsp3) is 0.286. The number of rotatable bonds is 5. The summed E-state index contributed by atoms with van der Waals surface area (Å²) < 4.78 is 7.29. The molecule has 9 heteroatoms. The molecule has 0 bridgehead atoms. The van der Waals surface area contributed by atoms with Gasteiger partial charge in [-0.15, -0.1) is 5.10 Å². The molecule has 0 radical (unpaired) electrons. The van der Waals surface area contributed by atoms with Gasteiger partial charge in [0, 0.05) is 17.0 Å². The van der Waals surface area contributed by atoms with Gasteiger partial charge >= 0.3 is 0 Å². The molecule has 0 aliphatic carbocycles. The molecule has 1 fully saturated rings. The Labute approximate surface area is 183 Å². The minimum absolute atomic E-state index is 0.277. The summed E-state index contributed by atoms with van der Waals surface area (Å²) in [5.74, 6) is 0.408. The minimum atomic E-state index is -1.30. The van der Waals surface area contributed by atoms with Crippen LogP contribution in [0.4, 0.5) is 0 Å². The zero-order valence-electron chi connectivity index (χ0n) is 15.8. The van der Waals surface area contributed by atoms with Crippen LogP contribution in [0.5, 0.6) is 0 Å². The van der Waals surface area contributed by atoms with Gasteiger partial charge in [0.1, 0.15) is 23.0 Å². The third kappa shape index (κ3) is 4.15. The van der Waals surface area contributed by atoms with Gasteiger partial charge in [-0.1, -0.05) is 66.3 Å². The number of hydrogen-bond acceptors (Lipinski definition) is 7. The normalized spacial score (nSPS) is 23.6. The van der Waals surface area contributed by atoms with E-state index in [1.165, 1.54) is 4.68 Å². The summed E-state index contributed by atoms with van der Waals surface area (Å²) in [6.45, 7) is -0.434. The fourth-order valence-corrected chi connectivity index (χ4v) is 3.74. The average Bonchev–Trinajstić information content (AvgIpc) is 3.05. The maximum Gasteiger partial charge on any atom is 0.180 e. The molecule has 2 aromatic carbocycles. The number of nitrogens with zero attached hydrogens (tertiary/aromatic N) is 3. The Balaban J connectivity index is 1.81. The van der Waals surface area contributed by atoms with Crippen molar-refractivity contribution in [3.63, 3.8) is 0 Å². The Morgan fingerprint density at radius 1 is 1.03 bits per heavy atom. The molecule has 4 atom stereocenters. The maximum atomic E-state index is 10.5. The third-order valence-corrected chi connectivity index (χ3v) is 5.65. The van der Waals surface area contributed by atoms with Crippen LogP contribution in [0.3, 0.4) is 0 Å². The van der Waals surface area contributed by atoms with Crippen molar-refractivity contribution in [1.82, 2.24) is 14.8 Å². The van der Waals surface area contributed by atoms with Gasteiger partial charge in [-0.2, -0.15) is 0 Å². The first-order chi connectivity index (χ1) is 14.5. The van der Waals surface area contributed by atoms with Crippen molar-refractivity contribution >= 4 is 23.8 Å². The van der Waals surface area contributed by atoms with E-state index in [1.54, 1.807) is 12.1 Å².